The molecule has 6 aromatic rings. The fourth-order valence-corrected chi connectivity index (χ4v) is 4.28. The number of rotatable bonds is 6. The van der Waals surface area contributed by atoms with Crippen LogP contribution in [0, 0.1) is 0 Å². The second kappa shape index (κ2) is 8.92. The minimum absolute atomic E-state index is 0.271. The van der Waals surface area contributed by atoms with Crippen molar-refractivity contribution in [2.75, 3.05) is 12.4 Å². The van der Waals surface area contributed by atoms with Crippen LogP contribution in [0.1, 0.15) is 0 Å². The van der Waals surface area contributed by atoms with Crippen molar-refractivity contribution in [1.29, 1.82) is 0 Å². The van der Waals surface area contributed by atoms with Crippen molar-refractivity contribution in [3.63, 3.8) is 0 Å². The number of benzene rings is 3. The van der Waals surface area contributed by atoms with Crippen LogP contribution in [0.2, 0.25) is 0 Å². The van der Waals surface area contributed by atoms with E-state index in [2.05, 4.69) is 15.5 Å². The van der Waals surface area contributed by atoms with E-state index in [1.807, 2.05) is 84.9 Å². The second-order valence-electron chi connectivity index (χ2n) is 8.16. The van der Waals surface area contributed by atoms with E-state index < -0.39 is 0 Å². The summed E-state index contributed by atoms with van der Waals surface area (Å²) in [7, 11) is 1.60. The number of aromatic nitrogens is 4. The molecular formula is C28H21N5O3. The number of hydrogen-bond donors (Lipinski definition) is 2. The van der Waals surface area contributed by atoms with Crippen molar-refractivity contribution in [3.05, 3.63) is 108 Å². The Kier molecular flexibility index (Phi) is 5.31. The molecule has 6 rings (SSSR count). The molecule has 0 saturated heterocycles. The third-order valence-electron chi connectivity index (χ3n) is 5.98. The summed E-state index contributed by atoms with van der Waals surface area (Å²) in [6, 6.07) is 27.1. The summed E-state index contributed by atoms with van der Waals surface area (Å²) >= 11 is 0. The van der Waals surface area contributed by atoms with Gasteiger partial charge in [0.1, 0.15) is 34.9 Å². The molecule has 0 aliphatic rings. The molecule has 0 spiro atoms. The monoisotopic (exact) mass is 475 g/mol. The summed E-state index contributed by atoms with van der Waals surface area (Å²) in [5.74, 6) is 1.19. The molecular weight excluding hydrogens is 454 g/mol. The lowest BCUT2D eigenvalue weighted by Crippen LogP contribution is -2.19. The van der Waals surface area contributed by atoms with Gasteiger partial charge < -0.3 is 19.6 Å². The molecule has 3 aromatic heterocycles. The first kappa shape index (κ1) is 21.4. The van der Waals surface area contributed by atoms with Gasteiger partial charge in [0.05, 0.1) is 24.4 Å². The van der Waals surface area contributed by atoms with E-state index in [1.165, 1.54) is 10.8 Å². The maximum absolute atomic E-state index is 14.0. The molecule has 0 atom stereocenters. The number of nitrogens with zero attached hydrogens (tertiary/aromatic N) is 3. The molecule has 0 fully saturated rings. The van der Waals surface area contributed by atoms with Gasteiger partial charge in [-0.25, -0.2) is 0 Å². The van der Waals surface area contributed by atoms with Crippen molar-refractivity contribution >= 4 is 17.2 Å². The Bertz CT molecular complexity index is 1690. The zero-order chi connectivity index (χ0) is 24.5. The average Bonchev–Trinajstić information content (AvgIpc) is 3.58. The first-order chi connectivity index (χ1) is 17.7. The van der Waals surface area contributed by atoms with Crippen molar-refractivity contribution in [3.8, 4) is 39.3 Å². The van der Waals surface area contributed by atoms with E-state index in [0.717, 1.165) is 16.7 Å². The van der Waals surface area contributed by atoms with Gasteiger partial charge in [-0.05, 0) is 23.3 Å². The third kappa shape index (κ3) is 3.70. The van der Waals surface area contributed by atoms with Gasteiger partial charge in [-0.2, -0.15) is 9.61 Å². The van der Waals surface area contributed by atoms with E-state index in [4.69, 9.17) is 14.4 Å². The van der Waals surface area contributed by atoms with Gasteiger partial charge in [-0.15, -0.1) is 0 Å². The Morgan fingerprint density at radius 2 is 1.53 bits per heavy atom. The van der Waals surface area contributed by atoms with Gasteiger partial charge in [0.15, 0.2) is 0 Å². The van der Waals surface area contributed by atoms with Crippen LogP contribution in [0.5, 0.6) is 5.75 Å². The minimum atomic E-state index is -0.271. The first-order valence-electron chi connectivity index (χ1n) is 11.3. The summed E-state index contributed by atoms with van der Waals surface area (Å²) in [6.07, 6.45) is 3.02. The zero-order valence-corrected chi connectivity index (χ0v) is 19.3. The molecule has 0 saturated carbocycles. The van der Waals surface area contributed by atoms with E-state index in [0.29, 0.717) is 39.7 Å². The highest BCUT2D eigenvalue weighted by atomic mass is 16.5. The highest BCUT2D eigenvalue weighted by molar-refractivity contribution is 5.92. The van der Waals surface area contributed by atoms with E-state index in [9.17, 15) is 4.79 Å². The van der Waals surface area contributed by atoms with Crippen molar-refractivity contribution in [2.45, 2.75) is 0 Å². The second-order valence-corrected chi connectivity index (χ2v) is 8.16. The van der Waals surface area contributed by atoms with Crippen LogP contribution in [-0.4, -0.2) is 26.9 Å². The Labute approximate surface area is 205 Å². The highest BCUT2D eigenvalue weighted by Crippen LogP contribution is 2.36. The molecule has 36 heavy (non-hydrogen) atoms. The maximum atomic E-state index is 14.0. The molecule has 3 aromatic carbocycles. The Balaban J connectivity index is 1.67. The fraction of sp³-hybridized carbons (Fsp3) is 0.0357. The van der Waals surface area contributed by atoms with Crippen LogP contribution >= 0.6 is 0 Å². The van der Waals surface area contributed by atoms with Gasteiger partial charge >= 0.3 is 0 Å². The van der Waals surface area contributed by atoms with Crippen LogP contribution in [-0.2, 0) is 0 Å². The first-order valence-corrected chi connectivity index (χ1v) is 11.3. The Morgan fingerprint density at radius 1 is 0.861 bits per heavy atom. The number of aromatic amines is 1. The van der Waals surface area contributed by atoms with Gasteiger partial charge in [0.25, 0.3) is 5.56 Å². The molecule has 2 N–H and O–H groups in total. The molecule has 176 valence electrons. The molecule has 3 heterocycles. The lowest BCUT2D eigenvalue weighted by molar-refractivity contribution is 0.415. The average molecular weight is 476 g/mol. The number of nitrogens with one attached hydrogen (secondary N) is 2. The number of fused-ring (bicyclic) bond motifs is 1. The van der Waals surface area contributed by atoms with Crippen LogP contribution in [0.25, 0.3) is 39.2 Å². The summed E-state index contributed by atoms with van der Waals surface area (Å²) in [6.45, 7) is 0. The third-order valence-corrected chi connectivity index (χ3v) is 5.98. The predicted octanol–water partition coefficient (Wildman–Crippen LogP) is 5.76. The lowest BCUT2D eigenvalue weighted by atomic mass is 10.0. The SMILES string of the molecule is COc1ccc(-c2c(Nc3cnoc3)[nH]c3c(-c4ccccc4)c(-c4ccccc4)nn3c2=O)cc1. The Morgan fingerprint density at radius 3 is 2.17 bits per heavy atom. The topological polar surface area (TPSA) is 97.4 Å². The largest absolute Gasteiger partial charge is 0.497 e. The lowest BCUT2D eigenvalue weighted by Gasteiger charge is -2.12. The number of anilines is 2. The number of hydrogen-bond acceptors (Lipinski definition) is 6. The Hall–Kier alpha value is -5.11. The number of ether oxygens (including phenoxy) is 1. The highest BCUT2D eigenvalue weighted by Gasteiger charge is 2.23. The molecule has 0 aliphatic carbocycles. The molecule has 8 nitrogen and oxygen atoms in total. The summed E-state index contributed by atoms with van der Waals surface area (Å²) in [5.41, 5.74) is 5.42. The van der Waals surface area contributed by atoms with Crippen molar-refractivity contribution < 1.29 is 9.26 Å². The maximum Gasteiger partial charge on any atom is 0.284 e. The van der Waals surface area contributed by atoms with E-state index >= 15 is 0 Å². The number of H-pyrrole nitrogens is 1. The normalized spacial score (nSPS) is 11.0. The van der Waals surface area contributed by atoms with Crippen molar-refractivity contribution in [1.82, 2.24) is 19.8 Å². The molecule has 8 heteroatoms. The van der Waals surface area contributed by atoms with E-state index in [1.54, 1.807) is 13.3 Å². The zero-order valence-electron chi connectivity index (χ0n) is 19.3. The summed E-state index contributed by atoms with van der Waals surface area (Å²) in [4.78, 5) is 17.5. The molecule has 0 aliphatic heterocycles. The van der Waals surface area contributed by atoms with E-state index in [-0.39, 0.29) is 5.56 Å². The number of methoxy groups -OCH3 is 1. The smallest absolute Gasteiger partial charge is 0.284 e. The molecule has 0 bridgehead atoms. The van der Waals surface area contributed by atoms with Crippen LogP contribution in [0.15, 0.2) is 107 Å². The standard InChI is InChI=1S/C28H21N5O3/c1-35-22-14-12-19(13-15-22)24-26(30-21-16-29-36-17-21)31-27-23(18-8-4-2-5-9-18)25(32-33(27)28(24)34)20-10-6-3-7-11-20/h2-17,30-31H,1H3. The van der Waals surface area contributed by atoms with Crippen LogP contribution < -0.4 is 15.6 Å². The molecule has 0 radical (unpaired) electrons. The van der Waals surface area contributed by atoms with Crippen LogP contribution in [0.3, 0.4) is 0 Å². The minimum Gasteiger partial charge on any atom is -0.497 e. The predicted molar refractivity (Wildman–Crippen MR) is 138 cm³/mol. The summed E-state index contributed by atoms with van der Waals surface area (Å²) in [5, 5.41) is 11.8. The van der Waals surface area contributed by atoms with Gasteiger partial charge in [0.2, 0.25) is 0 Å². The quantitative estimate of drug-likeness (QED) is 0.318. The summed E-state index contributed by atoms with van der Waals surface area (Å²) < 4.78 is 11.7. The molecule has 0 unspecified atom stereocenters. The van der Waals surface area contributed by atoms with Gasteiger partial charge in [-0.3, -0.25) is 4.79 Å². The molecule has 0 amide bonds. The van der Waals surface area contributed by atoms with Gasteiger partial charge in [-0.1, -0.05) is 78.0 Å². The van der Waals surface area contributed by atoms with Crippen molar-refractivity contribution in [2.24, 2.45) is 0 Å². The van der Waals surface area contributed by atoms with Crippen LogP contribution in [0.4, 0.5) is 11.5 Å². The fourth-order valence-electron chi connectivity index (χ4n) is 4.28. The van der Waals surface area contributed by atoms with Gasteiger partial charge in [0, 0.05) is 5.56 Å².